The highest BCUT2D eigenvalue weighted by Crippen LogP contribution is 1.95. The molecule has 1 rings (SSSR count). The lowest BCUT2D eigenvalue weighted by Gasteiger charge is -2.07. The summed E-state index contributed by atoms with van der Waals surface area (Å²) in [6.07, 6.45) is 2.48. The van der Waals surface area contributed by atoms with Gasteiger partial charge in [0.05, 0.1) is 9.52 Å². The van der Waals surface area contributed by atoms with E-state index in [2.05, 4.69) is 0 Å². The summed E-state index contributed by atoms with van der Waals surface area (Å²) in [5.74, 6) is 0. The minimum atomic E-state index is 0.286. The van der Waals surface area contributed by atoms with E-state index in [1.807, 2.05) is 0 Å². The van der Waals surface area contributed by atoms with E-state index in [1.165, 1.54) is 12.5 Å². The van der Waals surface area contributed by atoms with Gasteiger partial charge in [-0.2, -0.15) is 0 Å². The normalized spacial score (nSPS) is 28.0. The monoisotopic (exact) mass is 102 g/mol. The van der Waals surface area contributed by atoms with E-state index in [0.29, 0.717) is 0 Å². The lowest BCUT2D eigenvalue weighted by molar-refractivity contribution is 0.166. The third-order valence-electron chi connectivity index (χ3n) is 1.08. The zero-order valence-corrected chi connectivity index (χ0v) is 5.36. The van der Waals surface area contributed by atoms with Gasteiger partial charge < -0.3 is 4.74 Å². The fraction of sp³-hybridized carbons (Fsp3) is 1.00. The summed E-state index contributed by atoms with van der Waals surface area (Å²) >= 11 is 0. The molecule has 1 nitrogen and oxygen atoms in total. The fourth-order valence-corrected chi connectivity index (χ4v) is 1.86. The van der Waals surface area contributed by atoms with Crippen LogP contribution in [0.15, 0.2) is 0 Å². The zero-order valence-electron chi connectivity index (χ0n) is 3.94. The van der Waals surface area contributed by atoms with E-state index in [9.17, 15) is 0 Å². The maximum absolute atomic E-state index is 5.13. The van der Waals surface area contributed by atoms with Crippen LogP contribution < -0.4 is 0 Å². The third-order valence-corrected chi connectivity index (χ3v) is 2.65. The Labute approximate surface area is 40.5 Å². The number of rotatable bonds is 0. The first-order chi connectivity index (χ1) is 3.00. The molecule has 36 valence electrons. The molecule has 1 aliphatic heterocycles. The van der Waals surface area contributed by atoms with Crippen LogP contribution in [0, 0.1) is 0 Å². The largest absolute Gasteiger partial charge is 0.385 e. The second-order valence-corrected chi connectivity index (χ2v) is 3.50. The molecule has 0 saturated carbocycles. The lowest BCUT2D eigenvalue weighted by Crippen LogP contribution is -2.11. The molecular formula is C4H10OSi. The molecule has 0 atom stereocenters. The smallest absolute Gasteiger partial charge is 0.0517 e. The van der Waals surface area contributed by atoms with E-state index in [1.54, 1.807) is 0 Å². The Kier molecular flexibility index (Phi) is 1.71. The van der Waals surface area contributed by atoms with Gasteiger partial charge in [-0.1, -0.05) is 6.04 Å². The number of hydrogen-bond donors (Lipinski definition) is 0. The molecule has 0 aromatic carbocycles. The molecule has 0 amide bonds. The summed E-state index contributed by atoms with van der Waals surface area (Å²) in [7, 11) is 0.286. The molecule has 0 radical (unpaired) electrons. The van der Waals surface area contributed by atoms with Crippen LogP contribution >= 0.6 is 0 Å². The minimum Gasteiger partial charge on any atom is -0.385 e. The molecule has 0 aliphatic carbocycles. The zero-order chi connectivity index (χ0) is 4.24. The summed E-state index contributed by atoms with van der Waals surface area (Å²) < 4.78 is 5.13. The van der Waals surface area contributed by atoms with Crippen molar-refractivity contribution in [2.75, 3.05) is 12.8 Å². The van der Waals surface area contributed by atoms with E-state index in [-0.39, 0.29) is 9.52 Å². The lowest BCUT2D eigenvalue weighted by atomic mass is 10.5. The molecule has 0 N–H and O–H groups in total. The highest BCUT2D eigenvalue weighted by Gasteiger charge is 1.95. The summed E-state index contributed by atoms with van der Waals surface area (Å²) in [5.41, 5.74) is 0. The highest BCUT2D eigenvalue weighted by molar-refractivity contribution is 6.35. The average Bonchev–Trinajstić information content (AvgIpc) is 1.72. The first-order valence-electron chi connectivity index (χ1n) is 2.58. The van der Waals surface area contributed by atoms with Crippen LogP contribution in [-0.4, -0.2) is 22.4 Å². The topological polar surface area (TPSA) is 9.23 Å². The predicted molar refractivity (Wildman–Crippen MR) is 28.8 cm³/mol. The minimum absolute atomic E-state index is 0.286. The molecule has 0 bridgehead atoms. The van der Waals surface area contributed by atoms with Crippen molar-refractivity contribution in [3.8, 4) is 0 Å². The molecule has 1 saturated heterocycles. The molecule has 6 heavy (non-hydrogen) atoms. The summed E-state index contributed by atoms with van der Waals surface area (Å²) in [6.45, 7) is 1.03. The third kappa shape index (κ3) is 1.10. The number of hydrogen-bond acceptors (Lipinski definition) is 1. The van der Waals surface area contributed by atoms with Crippen LogP contribution in [0.4, 0.5) is 0 Å². The quantitative estimate of drug-likeness (QED) is 0.390. The summed E-state index contributed by atoms with van der Waals surface area (Å²) in [5, 5.41) is 0. The van der Waals surface area contributed by atoms with Gasteiger partial charge in [-0.3, -0.25) is 0 Å². The standard InChI is InChI=1S/C4H10OSi/c1-2-5-4-6-3-1/h1-4,6H2. The predicted octanol–water partition coefficient (Wildman–Crippen LogP) is -0.0487. The Morgan fingerprint density at radius 3 is 2.67 bits per heavy atom. The summed E-state index contributed by atoms with van der Waals surface area (Å²) in [6, 6.07) is 1.51. The first kappa shape index (κ1) is 4.34. The van der Waals surface area contributed by atoms with Crippen LogP contribution in [0.1, 0.15) is 6.42 Å². The van der Waals surface area contributed by atoms with Crippen LogP contribution in [0.2, 0.25) is 6.04 Å². The molecule has 0 aromatic rings. The van der Waals surface area contributed by atoms with Gasteiger partial charge in [0.15, 0.2) is 0 Å². The van der Waals surface area contributed by atoms with Crippen molar-refractivity contribution in [1.29, 1.82) is 0 Å². The molecule has 1 aliphatic rings. The van der Waals surface area contributed by atoms with Gasteiger partial charge in [0, 0.05) is 12.8 Å². The van der Waals surface area contributed by atoms with Crippen molar-refractivity contribution in [3.63, 3.8) is 0 Å². The molecular weight excluding hydrogens is 92.1 g/mol. The molecule has 0 spiro atoms. The van der Waals surface area contributed by atoms with Gasteiger partial charge in [0.2, 0.25) is 0 Å². The fourth-order valence-electron chi connectivity index (χ4n) is 0.687. The number of ether oxygens (including phenoxy) is 1. The van der Waals surface area contributed by atoms with Crippen molar-refractivity contribution in [3.05, 3.63) is 0 Å². The Morgan fingerprint density at radius 1 is 1.50 bits per heavy atom. The van der Waals surface area contributed by atoms with Crippen molar-refractivity contribution < 1.29 is 4.74 Å². The highest BCUT2D eigenvalue weighted by atomic mass is 28.2. The van der Waals surface area contributed by atoms with Gasteiger partial charge in [-0.15, -0.1) is 0 Å². The average molecular weight is 102 g/mol. The van der Waals surface area contributed by atoms with Gasteiger partial charge in [-0.05, 0) is 6.42 Å². The van der Waals surface area contributed by atoms with Crippen LogP contribution in [0.5, 0.6) is 0 Å². The van der Waals surface area contributed by atoms with Crippen LogP contribution in [0.25, 0.3) is 0 Å². The molecule has 1 heterocycles. The Balaban J connectivity index is 2.00. The molecule has 1 fully saturated rings. The maximum atomic E-state index is 5.13. The van der Waals surface area contributed by atoms with E-state index in [4.69, 9.17) is 4.74 Å². The van der Waals surface area contributed by atoms with Crippen LogP contribution in [0.3, 0.4) is 0 Å². The second-order valence-electron chi connectivity index (χ2n) is 1.67. The van der Waals surface area contributed by atoms with Crippen molar-refractivity contribution in [2.24, 2.45) is 0 Å². The Hall–Kier alpha value is 0.177. The van der Waals surface area contributed by atoms with E-state index >= 15 is 0 Å². The van der Waals surface area contributed by atoms with Gasteiger partial charge >= 0.3 is 0 Å². The summed E-state index contributed by atoms with van der Waals surface area (Å²) in [4.78, 5) is 0. The van der Waals surface area contributed by atoms with Gasteiger partial charge in [-0.25, -0.2) is 0 Å². The Morgan fingerprint density at radius 2 is 2.50 bits per heavy atom. The van der Waals surface area contributed by atoms with Crippen molar-refractivity contribution in [1.82, 2.24) is 0 Å². The van der Waals surface area contributed by atoms with Crippen molar-refractivity contribution >= 4 is 9.52 Å². The first-order valence-corrected chi connectivity index (χ1v) is 4.58. The second kappa shape index (κ2) is 2.37. The van der Waals surface area contributed by atoms with Crippen LogP contribution in [-0.2, 0) is 4.74 Å². The van der Waals surface area contributed by atoms with Gasteiger partial charge in [0.1, 0.15) is 0 Å². The Bertz CT molecular complexity index is 23.0. The van der Waals surface area contributed by atoms with Crippen molar-refractivity contribution in [2.45, 2.75) is 12.5 Å². The van der Waals surface area contributed by atoms with E-state index in [0.717, 1.165) is 12.8 Å². The molecule has 2 heteroatoms. The molecule has 0 unspecified atom stereocenters. The van der Waals surface area contributed by atoms with Gasteiger partial charge in [0.25, 0.3) is 0 Å². The molecule has 0 aromatic heterocycles. The van der Waals surface area contributed by atoms with E-state index < -0.39 is 0 Å². The maximum Gasteiger partial charge on any atom is 0.0517 e. The SMILES string of the molecule is C1COC[SiH2]C1.